The highest BCUT2D eigenvalue weighted by molar-refractivity contribution is 7.45. The first-order chi connectivity index (χ1) is 36.5. The zero-order valence-electron chi connectivity index (χ0n) is 49.7. The third kappa shape index (κ3) is 59.2. The van der Waals surface area contributed by atoms with Crippen LogP contribution in [0.25, 0.3) is 0 Å². The first-order valence-corrected chi connectivity index (χ1v) is 32.9. The number of unbranched alkanes of at least 4 members (excludes halogenated alkanes) is 30. The monoisotopic (exact) mass is 1070 g/mol. The van der Waals surface area contributed by atoms with Gasteiger partial charge in [0.2, 0.25) is 5.91 Å². The molecule has 0 aromatic carbocycles. The second-order valence-electron chi connectivity index (χ2n) is 22.4. The summed E-state index contributed by atoms with van der Waals surface area (Å²) in [5, 5.41) is 14.0. The van der Waals surface area contributed by atoms with Crippen LogP contribution in [-0.4, -0.2) is 68.5 Å². The van der Waals surface area contributed by atoms with Crippen LogP contribution in [0.5, 0.6) is 0 Å². The lowest BCUT2D eigenvalue weighted by Gasteiger charge is -2.30. The maximum absolute atomic E-state index is 13.0. The number of rotatable bonds is 57. The summed E-state index contributed by atoms with van der Waals surface area (Å²) >= 11 is 0. The van der Waals surface area contributed by atoms with Crippen molar-refractivity contribution < 1.29 is 32.9 Å². The van der Waals surface area contributed by atoms with Crippen LogP contribution in [0.15, 0.2) is 85.1 Å². The van der Waals surface area contributed by atoms with E-state index in [1.807, 2.05) is 21.1 Å². The fourth-order valence-electron chi connectivity index (χ4n) is 9.02. The van der Waals surface area contributed by atoms with Crippen LogP contribution in [0, 0.1) is 0 Å². The molecule has 3 atom stereocenters. The van der Waals surface area contributed by atoms with Crippen molar-refractivity contribution in [2.75, 3.05) is 40.9 Å². The number of nitrogens with one attached hydrogen (secondary N) is 1. The predicted molar refractivity (Wildman–Crippen MR) is 325 cm³/mol. The summed E-state index contributed by atoms with van der Waals surface area (Å²) < 4.78 is 23.4. The molecule has 0 rings (SSSR count). The highest BCUT2D eigenvalue weighted by Gasteiger charge is 2.24. The maximum Gasteiger partial charge on any atom is 0.268 e. The van der Waals surface area contributed by atoms with Crippen molar-refractivity contribution in [1.82, 2.24) is 5.32 Å². The highest BCUT2D eigenvalue weighted by atomic mass is 31.2. The average Bonchev–Trinajstić information content (AvgIpc) is 3.37. The molecule has 0 aliphatic carbocycles. The van der Waals surface area contributed by atoms with Crippen molar-refractivity contribution in [2.24, 2.45) is 0 Å². The van der Waals surface area contributed by atoms with Gasteiger partial charge in [0.05, 0.1) is 39.9 Å². The van der Waals surface area contributed by atoms with E-state index in [-0.39, 0.29) is 19.1 Å². The number of hydrogen-bond donors (Lipinski definition) is 2. The Balaban J connectivity index is 4.02. The molecule has 0 saturated heterocycles. The summed E-state index contributed by atoms with van der Waals surface area (Å²) in [6.45, 7) is 4.62. The number of quaternary nitrogens is 1. The number of amides is 1. The zero-order chi connectivity index (χ0) is 54.9. The van der Waals surface area contributed by atoms with Crippen LogP contribution < -0.4 is 10.2 Å². The van der Waals surface area contributed by atoms with Gasteiger partial charge in [-0.3, -0.25) is 9.36 Å². The van der Waals surface area contributed by atoms with Gasteiger partial charge in [-0.25, -0.2) is 0 Å². The Morgan fingerprint density at radius 3 is 1.19 bits per heavy atom. The Morgan fingerprint density at radius 2 is 0.813 bits per heavy atom. The minimum atomic E-state index is -4.58. The van der Waals surface area contributed by atoms with Gasteiger partial charge in [0.1, 0.15) is 13.2 Å². The van der Waals surface area contributed by atoms with Crippen molar-refractivity contribution in [2.45, 2.75) is 289 Å². The quantitative estimate of drug-likeness (QED) is 0.0272. The zero-order valence-corrected chi connectivity index (χ0v) is 50.6. The second-order valence-corrected chi connectivity index (χ2v) is 23.8. The van der Waals surface area contributed by atoms with Crippen molar-refractivity contribution >= 4 is 13.7 Å². The Hall–Kier alpha value is -2.32. The van der Waals surface area contributed by atoms with Crippen LogP contribution in [0.2, 0.25) is 0 Å². The van der Waals surface area contributed by atoms with E-state index in [0.717, 1.165) is 83.5 Å². The highest BCUT2D eigenvalue weighted by Crippen LogP contribution is 2.38. The van der Waals surface area contributed by atoms with Gasteiger partial charge in [-0.1, -0.05) is 285 Å². The molecule has 1 amide bonds. The number of aliphatic hydroxyl groups is 1. The molecule has 0 saturated carbocycles. The second kappa shape index (κ2) is 56.4. The van der Waals surface area contributed by atoms with Gasteiger partial charge in [-0.15, -0.1) is 0 Å². The fraction of sp³-hybridized carbons (Fsp3) is 0.773. The number of hydrogen-bond acceptors (Lipinski definition) is 6. The van der Waals surface area contributed by atoms with E-state index in [4.69, 9.17) is 9.05 Å². The molecule has 0 fully saturated rings. The Morgan fingerprint density at radius 1 is 0.480 bits per heavy atom. The van der Waals surface area contributed by atoms with Gasteiger partial charge in [-0.2, -0.15) is 0 Å². The average molecular weight is 1070 g/mol. The lowest BCUT2D eigenvalue weighted by atomic mass is 10.0. The summed E-state index contributed by atoms with van der Waals surface area (Å²) in [5.41, 5.74) is 0. The molecule has 0 aliphatic rings. The Bertz CT molecular complexity index is 1500. The minimum absolute atomic E-state index is 0.0106. The van der Waals surface area contributed by atoms with Gasteiger partial charge in [0.25, 0.3) is 7.82 Å². The summed E-state index contributed by atoms with van der Waals surface area (Å²) in [6.07, 6.45) is 79.1. The minimum Gasteiger partial charge on any atom is -0.756 e. The van der Waals surface area contributed by atoms with E-state index < -0.39 is 20.0 Å². The number of aliphatic hydroxyl groups excluding tert-OH is 1. The van der Waals surface area contributed by atoms with Crippen LogP contribution in [0.3, 0.4) is 0 Å². The van der Waals surface area contributed by atoms with Crippen molar-refractivity contribution in [3.63, 3.8) is 0 Å². The molecule has 9 heteroatoms. The van der Waals surface area contributed by atoms with Gasteiger partial charge in [-0.05, 0) is 70.6 Å². The van der Waals surface area contributed by atoms with Crippen molar-refractivity contribution in [3.8, 4) is 0 Å². The van der Waals surface area contributed by atoms with E-state index in [1.165, 1.54) is 167 Å². The standard InChI is InChI=1S/C66H121N2O6P/c1-6-8-10-12-14-16-18-20-22-24-25-26-27-28-29-30-31-32-33-34-35-36-37-38-39-40-41-42-43-44-46-48-50-52-54-56-58-60-66(70)67-64(63-74-75(71,72)73-62-61-68(3,4)5)65(69)59-57-55-53-51-49-47-45-23-21-19-17-15-13-11-9-7-2/h8,10,14,16,20,22,25-26,28-29,31-32,34-35,64-65,69H,6-7,9,11-13,15,17-19,21,23-24,27,30,33,36-63H2,1-5H3,(H-,67,70,71,72)/b10-8-,16-14-,22-20-,26-25-,29-28-,32-31-,35-34-. The number of phosphoric acid groups is 1. The Labute approximate surface area is 465 Å². The van der Waals surface area contributed by atoms with Crippen molar-refractivity contribution in [3.05, 3.63) is 85.1 Å². The van der Waals surface area contributed by atoms with Crippen LogP contribution >= 0.6 is 7.82 Å². The fourth-order valence-corrected chi connectivity index (χ4v) is 9.75. The molecule has 0 aliphatic heterocycles. The number of nitrogens with zero attached hydrogens (tertiary/aromatic N) is 1. The van der Waals surface area contributed by atoms with Gasteiger partial charge < -0.3 is 28.8 Å². The van der Waals surface area contributed by atoms with Crippen molar-refractivity contribution in [1.29, 1.82) is 0 Å². The van der Waals surface area contributed by atoms with Crippen LogP contribution in [0.4, 0.5) is 0 Å². The number of allylic oxidation sites excluding steroid dienone is 14. The molecule has 0 bridgehead atoms. The molecule has 0 aromatic heterocycles. The Kier molecular flexibility index (Phi) is 54.7. The number of phosphoric ester groups is 1. The first-order valence-electron chi connectivity index (χ1n) is 31.4. The first kappa shape index (κ1) is 72.7. The predicted octanol–water partition coefficient (Wildman–Crippen LogP) is 19.0. The summed E-state index contributed by atoms with van der Waals surface area (Å²) in [4.78, 5) is 25.6. The van der Waals surface area contributed by atoms with E-state index >= 15 is 0 Å². The van der Waals surface area contributed by atoms with E-state index in [9.17, 15) is 19.4 Å². The lowest BCUT2D eigenvalue weighted by molar-refractivity contribution is -0.870. The van der Waals surface area contributed by atoms with Gasteiger partial charge in [0, 0.05) is 6.42 Å². The van der Waals surface area contributed by atoms with Gasteiger partial charge in [0.15, 0.2) is 0 Å². The molecule has 0 aromatic rings. The number of carbonyl (C=O) groups is 1. The lowest BCUT2D eigenvalue weighted by Crippen LogP contribution is -2.46. The largest absolute Gasteiger partial charge is 0.756 e. The molecule has 436 valence electrons. The number of carbonyl (C=O) groups excluding carboxylic acids is 1. The van der Waals surface area contributed by atoms with Gasteiger partial charge >= 0.3 is 0 Å². The third-order valence-electron chi connectivity index (χ3n) is 13.9. The molecule has 0 heterocycles. The molecule has 2 N–H and O–H groups in total. The molecule has 75 heavy (non-hydrogen) atoms. The number of likely N-dealkylation sites (N-methyl/N-ethyl adjacent to an activating group) is 1. The third-order valence-corrected chi connectivity index (χ3v) is 14.9. The van der Waals surface area contributed by atoms with E-state index in [2.05, 4.69) is 104 Å². The van der Waals surface area contributed by atoms with Crippen LogP contribution in [0.1, 0.15) is 277 Å². The molecule has 8 nitrogen and oxygen atoms in total. The smallest absolute Gasteiger partial charge is 0.268 e. The SMILES string of the molecule is CC/C=C\C/C=C\C/C=C\C/C=C\C/C=C\C/C=C\C/C=C\CCCCCCCCCCCCCCCCCC(=O)NC(COP(=O)([O-])OCC[N+](C)(C)C)C(O)CCCCCCCCCCCCCCCCCC. The van der Waals surface area contributed by atoms with E-state index in [1.54, 1.807) is 0 Å². The summed E-state index contributed by atoms with van der Waals surface area (Å²) in [7, 11) is 1.31. The molecule has 0 spiro atoms. The molecule has 3 unspecified atom stereocenters. The summed E-state index contributed by atoms with van der Waals surface area (Å²) in [5.74, 6) is -0.165. The topological polar surface area (TPSA) is 108 Å². The van der Waals surface area contributed by atoms with Crippen LogP contribution in [-0.2, 0) is 18.4 Å². The molecule has 0 radical (unpaired) electrons. The summed E-state index contributed by atoms with van der Waals surface area (Å²) in [6, 6.07) is -0.804. The maximum atomic E-state index is 13.0. The molecular formula is C66H121N2O6P. The molecular weight excluding hydrogens is 948 g/mol. The van der Waals surface area contributed by atoms with E-state index in [0.29, 0.717) is 23.9 Å². The normalized spacial score (nSPS) is 14.4.